The lowest BCUT2D eigenvalue weighted by molar-refractivity contribution is -0.132. The lowest BCUT2D eigenvalue weighted by Crippen LogP contribution is -1.95. The summed E-state index contributed by atoms with van der Waals surface area (Å²) < 4.78 is 0. The van der Waals surface area contributed by atoms with Crippen molar-refractivity contribution in [3.63, 3.8) is 0 Å². The summed E-state index contributed by atoms with van der Waals surface area (Å²) in [5.41, 5.74) is 2.95. The molecular formula is C17H18O2S. The number of allylic oxidation sites excluding steroid dienone is 1. The van der Waals surface area contributed by atoms with Gasteiger partial charge in [0.25, 0.3) is 0 Å². The van der Waals surface area contributed by atoms with E-state index < -0.39 is 5.97 Å². The molecule has 0 saturated heterocycles. The highest BCUT2D eigenvalue weighted by Crippen LogP contribution is 2.32. The maximum atomic E-state index is 10.7. The van der Waals surface area contributed by atoms with Crippen LogP contribution >= 0.6 is 11.3 Å². The molecule has 104 valence electrons. The van der Waals surface area contributed by atoms with Gasteiger partial charge in [0, 0.05) is 15.3 Å². The van der Waals surface area contributed by atoms with Crippen LogP contribution in [0, 0.1) is 6.92 Å². The smallest absolute Gasteiger partial charge is 0.330 e. The van der Waals surface area contributed by atoms with E-state index in [2.05, 4.69) is 25.1 Å². The number of hydrogen-bond donors (Lipinski definition) is 1. The van der Waals surface area contributed by atoms with Gasteiger partial charge < -0.3 is 5.11 Å². The van der Waals surface area contributed by atoms with Crippen LogP contribution in [0.3, 0.4) is 0 Å². The third-order valence-corrected chi connectivity index (χ3v) is 4.53. The highest BCUT2D eigenvalue weighted by Gasteiger charge is 2.07. The first kappa shape index (κ1) is 14.5. The van der Waals surface area contributed by atoms with Gasteiger partial charge in [0.1, 0.15) is 0 Å². The number of aliphatic carboxylic acids is 1. The van der Waals surface area contributed by atoms with Crippen molar-refractivity contribution in [1.29, 1.82) is 0 Å². The molecule has 0 aliphatic heterocycles. The van der Waals surface area contributed by atoms with Crippen molar-refractivity contribution in [3.05, 3.63) is 58.5 Å². The first-order valence-corrected chi connectivity index (χ1v) is 7.44. The third-order valence-electron chi connectivity index (χ3n) is 3.18. The summed E-state index contributed by atoms with van der Waals surface area (Å²) in [6, 6.07) is 12.6. The molecule has 2 rings (SSSR count). The molecule has 3 heteroatoms. The van der Waals surface area contributed by atoms with Crippen LogP contribution in [0.2, 0.25) is 0 Å². The van der Waals surface area contributed by atoms with E-state index >= 15 is 0 Å². The van der Waals surface area contributed by atoms with E-state index in [0.29, 0.717) is 5.57 Å². The van der Waals surface area contributed by atoms with Gasteiger partial charge in [0.05, 0.1) is 0 Å². The molecule has 0 spiro atoms. The van der Waals surface area contributed by atoms with Crippen LogP contribution in [0.1, 0.15) is 23.8 Å². The summed E-state index contributed by atoms with van der Waals surface area (Å²) in [5, 5.41) is 8.81. The summed E-state index contributed by atoms with van der Waals surface area (Å²) in [6.45, 7) is 3.76. The first-order valence-electron chi connectivity index (χ1n) is 6.62. The second-order valence-corrected chi connectivity index (χ2v) is 5.96. The van der Waals surface area contributed by atoms with Crippen molar-refractivity contribution >= 4 is 17.3 Å². The second kappa shape index (κ2) is 6.53. The molecule has 1 aromatic carbocycles. The maximum Gasteiger partial charge on any atom is 0.330 e. The molecule has 0 bridgehead atoms. The van der Waals surface area contributed by atoms with Gasteiger partial charge >= 0.3 is 5.97 Å². The van der Waals surface area contributed by atoms with Crippen LogP contribution in [0.4, 0.5) is 0 Å². The van der Waals surface area contributed by atoms with Crippen LogP contribution in [-0.4, -0.2) is 11.1 Å². The molecule has 0 unspecified atom stereocenters. The number of hydrogen-bond acceptors (Lipinski definition) is 2. The quantitative estimate of drug-likeness (QED) is 0.810. The van der Waals surface area contributed by atoms with E-state index in [1.54, 1.807) is 24.3 Å². The highest BCUT2D eigenvalue weighted by atomic mass is 32.1. The zero-order chi connectivity index (χ0) is 14.5. The molecule has 0 fully saturated rings. The summed E-state index contributed by atoms with van der Waals surface area (Å²) in [4.78, 5) is 13.3. The van der Waals surface area contributed by atoms with Crippen molar-refractivity contribution in [2.45, 2.75) is 26.7 Å². The summed E-state index contributed by atoms with van der Waals surface area (Å²) in [5.74, 6) is -0.836. The molecule has 2 aromatic rings. The first-order chi connectivity index (χ1) is 9.58. The molecule has 0 saturated carbocycles. The van der Waals surface area contributed by atoms with Gasteiger partial charge in [-0.1, -0.05) is 36.4 Å². The Bertz CT molecular complexity index is 624. The molecule has 0 aliphatic carbocycles. The van der Waals surface area contributed by atoms with E-state index in [-0.39, 0.29) is 0 Å². The molecule has 0 atom stereocenters. The maximum absolute atomic E-state index is 10.7. The number of carboxylic acid groups (broad SMARTS) is 1. The van der Waals surface area contributed by atoms with Crippen molar-refractivity contribution in [3.8, 4) is 10.4 Å². The van der Waals surface area contributed by atoms with Crippen LogP contribution < -0.4 is 0 Å². The fraction of sp³-hybridized carbons (Fsp3) is 0.235. The SMILES string of the molecule is CC(=CCCc1cc(C)c(-c2ccccc2)s1)C(=O)O. The zero-order valence-electron chi connectivity index (χ0n) is 11.7. The topological polar surface area (TPSA) is 37.3 Å². The molecule has 0 radical (unpaired) electrons. The molecule has 1 N–H and O–H groups in total. The minimum atomic E-state index is -0.836. The molecule has 2 nitrogen and oxygen atoms in total. The minimum absolute atomic E-state index is 0.418. The average molecular weight is 286 g/mol. The van der Waals surface area contributed by atoms with Gasteiger partial charge in [-0.3, -0.25) is 0 Å². The number of benzene rings is 1. The largest absolute Gasteiger partial charge is 0.478 e. The Morgan fingerprint density at radius 1 is 1.30 bits per heavy atom. The van der Waals surface area contributed by atoms with E-state index in [1.165, 1.54) is 20.9 Å². The van der Waals surface area contributed by atoms with Gasteiger partial charge in [0.2, 0.25) is 0 Å². The Kier molecular flexibility index (Phi) is 4.74. The normalized spacial score (nSPS) is 11.6. The van der Waals surface area contributed by atoms with Crippen LogP contribution in [-0.2, 0) is 11.2 Å². The molecule has 1 heterocycles. The number of carbonyl (C=O) groups is 1. The lowest BCUT2D eigenvalue weighted by Gasteiger charge is -1.98. The van der Waals surface area contributed by atoms with Gasteiger partial charge in [-0.2, -0.15) is 0 Å². The average Bonchev–Trinajstić information content (AvgIpc) is 2.80. The van der Waals surface area contributed by atoms with Gasteiger partial charge in [-0.25, -0.2) is 4.79 Å². The lowest BCUT2D eigenvalue weighted by atomic mass is 10.1. The van der Waals surface area contributed by atoms with Crippen molar-refractivity contribution in [2.24, 2.45) is 0 Å². The van der Waals surface area contributed by atoms with E-state index in [1.807, 2.05) is 18.2 Å². The number of rotatable bonds is 5. The second-order valence-electron chi connectivity index (χ2n) is 4.82. The van der Waals surface area contributed by atoms with Gasteiger partial charge in [0.15, 0.2) is 0 Å². The summed E-state index contributed by atoms with van der Waals surface area (Å²) in [7, 11) is 0. The van der Waals surface area contributed by atoms with Gasteiger partial charge in [-0.05, 0) is 43.9 Å². The number of aryl methyl sites for hydroxylation is 2. The standard InChI is InChI=1S/C17H18O2S/c1-12(17(18)19)7-6-10-15-11-13(2)16(20-15)14-8-4-3-5-9-14/h3-5,7-9,11H,6,10H2,1-2H3,(H,18,19). The van der Waals surface area contributed by atoms with E-state index in [0.717, 1.165) is 12.8 Å². The van der Waals surface area contributed by atoms with Crippen LogP contribution in [0.25, 0.3) is 10.4 Å². The molecule has 0 amide bonds. The predicted octanol–water partition coefficient (Wildman–Crippen LogP) is 4.69. The van der Waals surface area contributed by atoms with Crippen molar-refractivity contribution in [2.75, 3.05) is 0 Å². The fourth-order valence-electron chi connectivity index (χ4n) is 2.07. The minimum Gasteiger partial charge on any atom is -0.478 e. The van der Waals surface area contributed by atoms with E-state index in [9.17, 15) is 4.79 Å². The Balaban J connectivity index is 2.09. The Hall–Kier alpha value is -1.87. The summed E-state index contributed by atoms with van der Waals surface area (Å²) in [6.07, 6.45) is 3.45. The number of carboxylic acids is 1. The fourth-order valence-corrected chi connectivity index (χ4v) is 3.26. The van der Waals surface area contributed by atoms with Crippen molar-refractivity contribution in [1.82, 2.24) is 0 Å². The summed E-state index contributed by atoms with van der Waals surface area (Å²) >= 11 is 1.80. The van der Waals surface area contributed by atoms with Gasteiger partial charge in [-0.15, -0.1) is 11.3 Å². The Morgan fingerprint density at radius 3 is 2.65 bits per heavy atom. The Labute approximate surface area is 123 Å². The van der Waals surface area contributed by atoms with E-state index in [4.69, 9.17) is 5.11 Å². The number of thiophene rings is 1. The highest BCUT2D eigenvalue weighted by molar-refractivity contribution is 7.15. The third kappa shape index (κ3) is 3.58. The molecule has 1 aromatic heterocycles. The van der Waals surface area contributed by atoms with Crippen LogP contribution in [0.5, 0.6) is 0 Å². The molecule has 0 aliphatic rings. The molecule has 20 heavy (non-hydrogen) atoms. The van der Waals surface area contributed by atoms with Crippen molar-refractivity contribution < 1.29 is 9.90 Å². The molecular weight excluding hydrogens is 268 g/mol. The predicted molar refractivity (Wildman–Crippen MR) is 84.2 cm³/mol. The van der Waals surface area contributed by atoms with Crippen LogP contribution in [0.15, 0.2) is 48.0 Å². The Morgan fingerprint density at radius 2 is 2.00 bits per heavy atom. The zero-order valence-corrected chi connectivity index (χ0v) is 12.5. The monoisotopic (exact) mass is 286 g/mol.